The Bertz CT molecular complexity index is 792. The number of nitrogen functional groups attached to an aromatic ring is 1. The Morgan fingerprint density at radius 3 is 2.40 bits per heavy atom. The van der Waals surface area contributed by atoms with Crippen molar-refractivity contribution in [2.24, 2.45) is 4.99 Å². The lowest BCUT2D eigenvalue weighted by molar-refractivity contribution is 0.441. The number of nitrogens with one attached hydrogen (secondary N) is 2. The van der Waals surface area contributed by atoms with Crippen molar-refractivity contribution in [2.75, 3.05) is 16.4 Å². The molecule has 4 heteroatoms. The van der Waals surface area contributed by atoms with Crippen molar-refractivity contribution in [3.63, 3.8) is 0 Å². The highest BCUT2D eigenvalue weighted by Gasteiger charge is 2.39. The fourth-order valence-electron chi connectivity index (χ4n) is 3.98. The van der Waals surface area contributed by atoms with Crippen molar-refractivity contribution < 1.29 is 0 Å². The van der Waals surface area contributed by atoms with E-state index in [0.29, 0.717) is 6.04 Å². The molecular formula is C21H26N4. The SMILES string of the molecule is CC1(c2ccccc2N)Nc2ccccc2NC1=NC1CCCCC1. The fraction of sp³-hybridized carbons (Fsp3) is 0.381. The van der Waals surface area contributed by atoms with E-state index >= 15 is 0 Å². The van der Waals surface area contributed by atoms with E-state index in [4.69, 9.17) is 10.7 Å². The van der Waals surface area contributed by atoms with Gasteiger partial charge in [-0.25, -0.2) is 0 Å². The number of anilines is 3. The standard InChI is InChI=1S/C21H26N4/c1-21(16-11-5-6-12-17(16)22)20(23-15-9-3-2-4-10-15)24-18-13-7-8-14-19(18)25-21/h5-8,11-15,25H,2-4,9-10,22H2,1H3,(H,23,24). The van der Waals surface area contributed by atoms with Gasteiger partial charge in [0.1, 0.15) is 11.4 Å². The molecule has 1 fully saturated rings. The van der Waals surface area contributed by atoms with Crippen LogP contribution in [0.1, 0.15) is 44.6 Å². The maximum absolute atomic E-state index is 6.33. The molecule has 0 aromatic heterocycles. The Hall–Kier alpha value is -2.49. The minimum Gasteiger partial charge on any atom is -0.398 e. The average molecular weight is 334 g/mol. The van der Waals surface area contributed by atoms with E-state index in [1.807, 2.05) is 30.3 Å². The molecule has 1 heterocycles. The molecule has 0 bridgehead atoms. The van der Waals surface area contributed by atoms with Crippen molar-refractivity contribution >= 4 is 22.9 Å². The van der Waals surface area contributed by atoms with Gasteiger partial charge in [-0.1, -0.05) is 49.6 Å². The topological polar surface area (TPSA) is 62.4 Å². The predicted octanol–water partition coefficient (Wildman–Crippen LogP) is 4.75. The van der Waals surface area contributed by atoms with Gasteiger partial charge in [-0.3, -0.25) is 4.99 Å². The van der Waals surface area contributed by atoms with Crippen molar-refractivity contribution in [3.8, 4) is 0 Å². The summed E-state index contributed by atoms with van der Waals surface area (Å²) in [5, 5.41) is 7.29. The van der Waals surface area contributed by atoms with Crippen LogP contribution in [0.2, 0.25) is 0 Å². The summed E-state index contributed by atoms with van der Waals surface area (Å²) in [7, 11) is 0. The van der Waals surface area contributed by atoms with Gasteiger partial charge in [0.25, 0.3) is 0 Å². The van der Waals surface area contributed by atoms with Gasteiger partial charge in [-0.15, -0.1) is 0 Å². The number of fused-ring (bicyclic) bond motifs is 1. The van der Waals surface area contributed by atoms with Crippen molar-refractivity contribution in [2.45, 2.75) is 50.6 Å². The van der Waals surface area contributed by atoms with Gasteiger partial charge < -0.3 is 16.4 Å². The summed E-state index contributed by atoms with van der Waals surface area (Å²) in [6.45, 7) is 2.17. The van der Waals surface area contributed by atoms with E-state index in [2.05, 4.69) is 35.8 Å². The molecular weight excluding hydrogens is 308 g/mol. The molecule has 0 amide bonds. The zero-order valence-corrected chi connectivity index (χ0v) is 14.8. The van der Waals surface area contributed by atoms with Crippen LogP contribution in [0, 0.1) is 0 Å². The van der Waals surface area contributed by atoms with E-state index in [1.54, 1.807) is 0 Å². The quantitative estimate of drug-likeness (QED) is 0.694. The Morgan fingerprint density at radius 1 is 0.960 bits per heavy atom. The number of hydrogen-bond acceptors (Lipinski definition) is 3. The Labute approximate surface area is 149 Å². The van der Waals surface area contributed by atoms with E-state index < -0.39 is 5.54 Å². The number of para-hydroxylation sites is 3. The van der Waals surface area contributed by atoms with Crippen LogP contribution < -0.4 is 16.4 Å². The monoisotopic (exact) mass is 334 g/mol. The van der Waals surface area contributed by atoms with Crippen molar-refractivity contribution in [1.82, 2.24) is 0 Å². The van der Waals surface area contributed by atoms with Crippen LogP contribution in [0.5, 0.6) is 0 Å². The lowest BCUT2D eigenvalue weighted by Gasteiger charge is -2.40. The maximum atomic E-state index is 6.33. The third kappa shape index (κ3) is 2.97. The maximum Gasteiger partial charge on any atom is 0.132 e. The zero-order chi connectivity index (χ0) is 17.3. The lowest BCUT2D eigenvalue weighted by atomic mass is 9.86. The number of aliphatic imine (C=N–C) groups is 1. The lowest BCUT2D eigenvalue weighted by Crippen LogP contribution is -2.48. The number of rotatable bonds is 2. The molecule has 4 nitrogen and oxygen atoms in total. The molecule has 4 N–H and O–H groups in total. The summed E-state index contributed by atoms with van der Waals surface area (Å²) in [5.74, 6) is 0.969. The Morgan fingerprint density at radius 2 is 1.64 bits per heavy atom. The second kappa shape index (κ2) is 6.43. The largest absolute Gasteiger partial charge is 0.398 e. The van der Waals surface area contributed by atoms with Crippen LogP contribution in [0.25, 0.3) is 0 Å². The molecule has 2 aliphatic rings. The molecule has 2 aromatic carbocycles. The van der Waals surface area contributed by atoms with E-state index in [9.17, 15) is 0 Å². The molecule has 0 radical (unpaired) electrons. The Kier molecular flexibility index (Phi) is 4.12. The summed E-state index contributed by atoms with van der Waals surface area (Å²) < 4.78 is 0. The Balaban J connectivity index is 1.80. The van der Waals surface area contributed by atoms with Crippen molar-refractivity contribution in [1.29, 1.82) is 0 Å². The minimum absolute atomic E-state index is 0.396. The highest BCUT2D eigenvalue weighted by molar-refractivity contribution is 6.10. The number of benzene rings is 2. The summed E-state index contributed by atoms with van der Waals surface area (Å²) in [5.41, 5.74) is 9.87. The summed E-state index contributed by atoms with van der Waals surface area (Å²) in [6, 6.07) is 16.7. The van der Waals surface area contributed by atoms with Gasteiger partial charge in [0.15, 0.2) is 0 Å². The summed E-state index contributed by atoms with van der Waals surface area (Å²) >= 11 is 0. The zero-order valence-electron chi connectivity index (χ0n) is 14.8. The number of nitrogens with two attached hydrogens (primary N) is 1. The van der Waals surface area contributed by atoms with Crippen molar-refractivity contribution in [3.05, 3.63) is 54.1 Å². The van der Waals surface area contributed by atoms with Crippen LogP contribution in [-0.2, 0) is 5.54 Å². The van der Waals surface area contributed by atoms with Gasteiger partial charge in [-0.05, 0) is 38.0 Å². The first kappa shape index (κ1) is 16.0. The van der Waals surface area contributed by atoms with E-state index in [1.165, 1.54) is 32.1 Å². The van der Waals surface area contributed by atoms with Gasteiger partial charge in [-0.2, -0.15) is 0 Å². The molecule has 1 aliphatic carbocycles. The summed E-state index contributed by atoms with van der Waals surface area (Å²) in [6.07, 6.45) is 6.23. The van der Waals surface area contributed by atoms with Gasteiger partial charge in [0.05, 0.1) is 17.4 Å². The fourth-order valence-corrected chi connectivity index (χ4v) is 3.98. The van der Waals surface area contributed by atoms with Crippen LogP contribution >= 0.6 is 0 Å². The number of hydrogen-bond donors (Lipinski definition) is 3. The second-order valence-corrected chi connectivity index (χ2v) is 7.28. The van der Waals surface area contributed by atoms with Crippen LogP contribution in [0.3, 0.4) is 0 Å². The van der Waals surface area contributed by atoms with Gasteiger partial charge in [0.2, 0.25) is 0 Å². The summed E-state index contributed by atoms with van der Waals surface area (Å²) in [4.78, 5) is 5.15. The first-order chi connectivity index (χ1) is 12.2. The predicted molar refractivity (Wildman–Crippen MR) is 106 cm³/mol. The minimum atomic E-state index is -0.461. The van der Waals surface area contributed by atoms with Gasteiger partial charge in [0, 0.05) is 11.3 Å². The second-order valence-electron chi connectivity index (χ2n) is 7.28. The highest BCUT2D eigenvalue weighted by atomic mass is 15.2. The molecule has 0 saturated heterocycles. The molecule has 1 aliphatic heterocycles. The average Bonchev–Trinajstić information content (AvgIpc) is 2.63. The molecule has 130 valence electrons. The molecule has 1 atom stereocenters. The third-order valence-electron chi connectivity index (χ3n) is 5.42. The van der Waals surface area contributed by atoms with Crippen LogP contribution in [0.4, 0.5) is 17.1 Å². The number of amidine groups is 1. The molecule has 0 spiro atoms. The molecule has 1 unspecified atom stereocenters. The normalized spacial score (nSPS) is 25.1. The first-order valence-electron chi connectivity index (χ1n) is 9.24. The molecule has 2 aromatic rings. The third-order valence-corrected chi connectivity index (χ3v) is 5.42. The van der Waals surface area contributed by atoms with Crippen LogP contribution in [-0.4, -0.2) is 11.9 Å². The molecule has 25 heavy (non-hydrogen) atoms. The molecule has 4 rings (SSSR count). The first-order valence-corrected chi connectivity index (χ1v) is 9.24. The highest BCUT2D eigenvalue weighted by Crippen LogP contribution is 2.39. The number of nitrogens with zero attached hydrogens (tertiary/aromatic N) is 1. The molecule has 1 saturated carbocycles. The van der Waals surface area contributed by atoms with E-state index in [0.717, 1.165) is 28.5 Å². The smallest absolute Gasteiger partial charge is 0.132 e. The van der Waals surface area contributed by atoms with E-state index in [-0.39, 0.29) is 0 Å². The van der Waals surface area contributed by atoms with Crippen LogP contribution in [0.15, 0.2) is 53.5 Å². The van der Waals surface area contributed by atoms with Gasteiger partial charge >= 0.3 is 0 Å².